The van der Waals surface area contributed by atoms with Gasteiger partial charge in [0, 0.05) is 5.56 Å². The molecule has 0 fully saturated rings. The molecule has 2 aromatic carbocycles. The van der Waals surface area contributed by atoms with E-state index in [2.05, 4.69) is 4.74 Å². The van der Waals surface area contributed by atoms with Gasteiger partial charge in [0.2, 0.25) is 0 Å². The predicted molar refractivity (Wildman–Crippen MR) is 72.3 cm³/mol. The van der Waals surface area contributed by atoms with E-state index in [9.17, 15) is 18.4 Å². The lowest BCUT2D eigenvalue weighted by molar-refractivity contribution is 0.0600. The number of ether oxygens (including phenoxy) is 1. The van der Waals surface area contributed by atoms with Crippen molar-refractivity contribution in [3.63, 3.8) is 0 Å². The van der Waals surface area contributed by atoms with Crippen LogP contribution in [0, 0.1) is 18.6 Å². The molecule has 0 aromatic heterocycles. The van der Waals surface area contributed by atoms with E-state index < -0.39 is 23.4 Å². The minimum absolute atomic E-state index is 0.162. The molecule has 3 nitrogen and oxygen atoms in total. The molecule has 0 N–H and O–H groups in total. The molecule has 0 amide bonds. The van der Waals surface area contributed by atoms with Crippen LogP contribution in [0.5, 0.6) is 0 Å². The third-order valence-corrected chi connectivity index (χ3v) is 3.10. The lowest BCUT2D eigenvalue weighted by Gasteiger charge is -2.08. The number of halogens is 2. The summed E-state index contributed by atoms with van der Waals surface area (Å²) in [5.74, 6) is -3.42. The molecule has 5 heteroatoms. The number of hydrogen-bond acceptors (Lipinski definition) is 3. The van der Waals surface area contributed by atoms with Crippen LogP contribution in [0.25, 0.3) is 0 Å². The van der Waals surface area contributed by atoms with Gasteiger partial charge in [0.05, 0.1) is 18.2 Å². The molecule has 0 atom stereocenters. The molecule has 0 radical (unpaired) electrons. The number of ketones is 1. The van der Waals surface area contributed by atoms with Gasteiger partial charge >= 0.3 is 5.97 Å². The lowest BCUT2D eigenvalue weighted by atomic mass is 9.97. The van der Waals surface area contributed by atoms with Crippen molar-refractivity contribution in [3.8, 4) is 0 Å². The van der Waals surface area contributed by atoms with E-state index >= 15 is 0 Å². The van der Waals surface area contributed by atoms with Crippen molar-refractivity contribution in [1.29, 1.82) is 0 Å². The third-order valence-electron chi connectivity index (χ3n) is 3.10. The van der Waals surface area contributed by atoms with Crippen LogP contribution in [0.15, 0.2) is 36.4 Å². The summed E-state index contributed by atoms with van der Waals surface area (Å²) in [7, 11) is 1.24. The molecule has 0 spiro atoms. The molecule has 108 valence electrons. The minimum atomic E-state index is -1.17. The second kappa shape index (κ2) is 5.83. The zero-order valence-electron chi connectivity index (χ0n) is 11.4. The van der Waals surface area contributed by atoms with Crippen LogP contribution >= 0.6 is 0 Å². The van der Waals surface area contributed by atoms with E-state index in [-0.39, 0.29) is 16.7 Å². The Morgan fingerprint density at radius 1 is 0.952 bits per heavy atom. The van der Waals surface area contributed by atoms with Crippen molar-refractivity contribution in [2.24, 2.45) is 0 Å². The van der Waals surface area contributed by atoms with E-state index in [1.54, 1.807) is 0 Å². The SMILES string of the molecule is COC(=O)c1ccc(C(=O)c2c(C)ccc(F)c2F)cc1. The average molecular weight is 290 g/mol. The Balaban J connectivity index is 2.41. The van der Waals surface area contributed by atoms with Crippen LogP contribution in [0.1, 0.15) is 31.8 Å². The highest BCUT2D eigenvalue weighted by molar-refractivity contribution is 6.10. The highest BCUT2D eigenvalue weighted by atomic mass is 19.2. The standard InChI is InChI=1S/C16H12F2O3/c1-9-3-8-12(17)14(18)13(9)15(19)10-4-6-11(7-5-10)16(20)21-2/h3-8H,1-2H3. The van der Waals surface area contributed by atoms with Crippen LogP contribution < -0.4 is 0 Å². The fourth-order valence-corrected chi connectivity index (χ4v) is 1.95. The maximum absolute atomic E-state index is 13.8. The van der Waals surface area contributed by atoms with Gasteiger partial charge in [-0.15, -0.1) is 0 Å². The van der Waals surface area contributed by atoms with E-state index in [0.717, 1.165) is 6.07 Å². The zero-order valence-corrected chi connectivity index (χ0v) is 11.4. The van der Waals surface area contributed by atoms with Crippen LogP contribution in [0.3, 0.4) is 0 Å². The topological polar surface area (TPSA) is 43.4 Å². The van der Waals surface area contributed by atoms with Gasteiger partial charge in [-0.2, -0.15) is 0 Å². The van der Waals surface area contributed by atoms with E-state index in [1.165, 1.54) is 44.4 Å². The summed E-state index contributed by atoms with van der Waals surface area (Å²) >= 11 is 0. The molecule has 21 heavy (non-hydrogen) atoms. The van der Waals surface area contributed by atoms with Gasteiger partial charge < -0.3 is 4.74 Å². The molecule has 0 aliphatic heterocycles. The fraction of sp³-hybridized carbons (Fsp3) is 0.125. The van der Waals surface area contributed by atoms with Crippen LogP contribution in [-0.2, 0) is 4.74 Å². The lowest BCUT2D eigenvalue weighted by Crippen LogP contribution is -2.09. The van der Waals surface area contributed by atoms with Gasteiger partial charge in [0.25, 0.3) is 0 Å². The number of methoxy groups -OCH3 is 1. The Morgan fingerprint density at radius 2 is 1.52 bits per heavy atom. The van der Waals surface area contributed by atoms with Crippen molar-refractivity contribution >= 4 is 11.8 Å². The van der Waals surface area contributed by atoms with Gasteiger partial charge in [-0.3, -0.25) is 4.79 Å². The molecule has 0 saturated heterocycles. The summed E-state index contributed by atoms with van der Waals surface area (Å²) in [6.07, 6.45) is 0. The molecule has 0 unspecified atom stereocenters. The molecule has 0 bridgehead atoms. The molecule has 0 heterocycles. The molecular weight excluding hydrogens is 278 g/mol. The molecule has 0 aliphatic rings. The first kappa shape index (κ1) is 14.8. The summed E-state index contributed by atoms with van der Waals surface area (Å²) in [4.78, 5) is 23.6. The van der Waals surface area contributed by atoms with E-state index in [4.69, 9.17) is 0 Å². The molecular formula is C16H12F2O3. The molecule has 2 rings (SSSR count). The van der Waals surface area contributed by atoms with Crippen LogP contribution in [0.2, 0.25) is 0 Å². The van der Waals surface area contributed by atoms with Gasteiger partial charge in [0.1, 0.15) is 0 Å². The first-order valence-electron chi connectivity index (χ1n) is 6.13. The largest absolute Gasteiger partial charge is 0.465 e. The quantitative estimate of drug-likeness (QED) is 0.643. The third kappa shape index (κ3) is 2.81. The Kier molecular flexibility index (Phi) is 4.12. The number of esters is 1. The smallest absolute Gasteiger partial charge is 0.337 e. The summed E-state index contributed by atoms with van der Waals surface area (Å²) in [6, 6.07) is 7.85. The normalized spacial score (nSPS) is 10.3. The fourth-order valence-electron chi connectivity index (χ4n) is 1.95. The maximum atomic E-state index is 13.8. The second-order valence-electron chi connectivity index (χ2n) is 4.45. The summed E-state index contributed by atoms with van der Waals surface area (Å²) < 4.78 is 31.6. The number of carbonyl (C=O) groups excluding carboxylic acids is 2. The highest BCUT2D eigenvalue weighted by Crippen LogP contribution is 2.20. The Bertz CT molecular complexity index is 706. The average Bonchev–Trinajstić information content (AvgIpc) is 2.50. The first-order chi connectivity index (χ1) is 9.95. The number of carbonyl (C=O) groups is 2. The number of aryl methyl sites for hydroxylation is 1. The minimum Gasteiger partial charge on any atom is -0.465 e. The van der Waals surface area contributed by atoms with E-state index in [1.807, 2.05) is 0 Å². The maximum Gasteiger partial charge on any atom is 0.337 e. The number of benzene rings is 2. The van der Waals surface area contributed by atoms with Crippen LogP contribution in [0.4, 0.5) is 8.78 Å². The zero-order chi connectivity index (χ0) is 15.6. The molecule has 2 aromatic rings. The summed E-state index contributed by atoms with van der Waals surface area (Å²) in [5.41, 5.74) is 0.470. The van der Waals surface area contributed by atoms with Crippen molar-refractivity contribution in [2.75, 3.05) is 7.11 Å². The predicted octanol–water partition coefficient (Wildman–Crippen LogP) is 3.29. The van der Waals surface area contributed by atoms with Crippen molar-refractivity contribution < 1.29 is 23.1 Å². The number of rotatable bonds is 3. The highest BCUT2D eigenvalue weighted by Gasteiger charge is 2.20. The van der Waals surface area contributed by atoms with Crippen molar-refractivity contribution in [3.05, 3.63) is 70.3 Å². The van der Waals surface area contributed by atoms with Crippen LogP contribution in [-0.4, -0.2) is 18.9 Å². The Labute approximate surface area is 120 Å². The number of hydrogen-bond donors (Lipinski definition) is 0. The van der Waals surface area contributed by atoms with Gasteiger partial charge in [-0.05, 0) is 30.7 Å². The Morgan fingerprint density at radius 3 is 2.10 bits per heavy atom. The molecule has 0 saturated carbocycles. The van der Waals surface area contributed by atoms with Gasteiger partial charge in [-0.1, -0.05) is 18.2 Å². The van der Waals surface area contributed by atoms with Gasteiger partial charge in [-0.25, -0.2) is 13.6 Å². The second-order valence-corrected chi connectivity index (χ2v) is 4.45. The summed E-state index contributed by atoms with van der Waals surface area (Å²) in [6.45, 7) is 1.53. The molecule has 0 aliphatic carbocycles. The monoisotopic (exact) mass is 290 g/mol. The summed E-state index contributed by atoms with van der Waals surface area (Å²) in [5, 5.41) is 0. The van der Waals surface area contributed by atoms with Gasteiger partial charge in [0.15, 0.2) is 17.4 Å². The van der Waals surface area contributed by atoms with Crippen molar-refractivity contribution in [2.45, 2.75) is 6.92 Å². The van der Waals surface area contributed by atoms with E-state index in [0.29, 0.717) is 5.56 Å². The Hall–Kier alpha value is -2.56. The van der Waals surface area contributed by atoms with Crippen molar-refractivity contribution in [1.82, 2.24) is 0 Å². The first-order valence-corrected chi connectivity index (χ1v) is 6.13.